The van der Waals surface area contributed by atoms with Gasteiger partial charge in [-0.3, -0.25) is 4.79 Å². The van der Waals surface area contributed by atoms with Gasteiger partial charge in [0.15, 0.2) is 0 Å². The summed E-state index contributed by atoms with van der Waals surface area (Å²) in [7, 11) is 0. The van der Waals surface area contributed by atoms with E-state index in [4.69, 9.17) is 10.8 Å². The number of nitrogens with one attached hydrogen (secondary N) is 1. The maximum Gasteiger partial charge on any atom is 0.269 e. The number of nitrogens with two attached hydrogens (primary N) is 1. The highest BCUT2D eigenvalue weighted by Gasteiger charge is 2.19. The highest BCUT2D eigenvalue weighted by molar-refractivity contribution is 5.32. The maximum absolute atomic E-state index is 12.4. The van der Waals surface area contributed by atoms with Crippen molar-refractivity contribution in [3.05, 3.63) is 33.2 Å². The van der Waals surface area contributed by atoms with Crippen molar-refractivity contribution in [2.75, 3.05) is 0 Å². The van der Waals surface area contributed by atoms with Gasteiger partial charge in [0.05, 0.1) is 12.2 Å². The number of aliphatic hydroxyl groups is 1. The number of pyridine rings is 1. The molecule has 0 aromatic carbocycles. The first-order chi connectivity index (χ1) is 6.61. The number of aliphatic hydroxyl groups excluding tert-OH is 1. The zero-order valence-corrected chi connectivity index (χ0v) is 7.26. The van der Waals surface area contributed by atoms with Crippen molar-refractivity contribution in [1.29, 1.82) is 0 Å². The summed E-state index contributed by atoms with van der Waals surface area (Å²) in [6.45, 7) is -0.623. The summed E-state index contributed by atoms with van der Waals surface area (Å²) in [6.07, 6.45) is -1.69. The van der Waals surface area contributed by atoms with Crippen molar-refractivity contribution in [3.63, 3.8) is 0 Å². The zero-order valence-electron chi connectivity index (χ0n) is 7.26. The highest BCUT2D eigenvalue weighted by Crippen LogP contribution is 2.21. The molecule has 0 aliphatic carbocycles. The predicted molar refractivity (Wildman–Crippen MR) is 45.8 cm³/mol. The average Bonchev–Trinajstić information content (AvgIpc) is 2.16. The lowest BCUT2D eigenvalue weighted by molar-refractivity contribution is 0.148. The van der Waals surface area contributed by atoms with Crippen molar-refractivity contribution in [2.45, 2.75) is 19.6 Å². The van der Waals surface area contributed by atoms with Crippen LogP contribution in [0.25, 0.3) is 0 Å². The van der Waals surface area contributed by atoms with Gasteiger partial charge in [-0.05, 0) is 11.1 Å². The minimum absolute atomic E-state index is 0.0197. The van der Waals surface area contributed by atoms with Crippen molar-refractivity contribution in [2.24, 2.45) is 5.73 Å². The zero-order chi connectivity index (χ0) is 10.7. The highest BCUT2D eigenvalue weighted by atomic mass is 19.3. The van der Waals surface area contributed by atoms with Crippen LogP contribution < -0.4 is 11.3 Å². The normalized spacial score (nSPS) is 10.9. The minimum atomic E-state index is -2.89. The van der Waals surface area contributed by atoms with Crippen molar-refractivity contribution in [1.82, 2.24) is 4.98 Å². The molecule has 1 heterocycles. The Hall–Kier alpha value is -1.27. The van der Waals surface area contributed by atoms with Crippen LogP contribution in [0.3, 0.4) is 0 Å². The molecule has 78 valence electrons. The molecule has 0 saturated carbocycles. The number of halogens is 2. The van der Waals surface area contributed by atoms with Crippen LogP contribution in [0.5, 0.6) is 0 Å². The Kier molecular flexibility index (Phi) is 3.32. The molecule has 0 aliphatic heterocycles. The van der Waals surface area contributed by atoms with Gasteiger partial charge in [0.1, 0.15) is 0 Å². The van der Waals surface area contributed by atoms with E-state index in [-0.39, 0.29) is 17.7 Å². The van der Waals surface area contributed by atoms with E-state index in [1.807, 2.05) is 0 Å². The number of rotatable bonds is 3. The second-order valence-electron chi connectivity index (χ2n) is 2.70. The van der Waals surface area contributed by atoms with Crippen molar-refractivity contribution >= 4 is 0 Å². The van der Waals surface area contributed by atoms with Gasteiger partial charge in [0, 0.05) is 12.7 Å². The lowest BCUT2D eigenvalue weighted by Crippen LogP contribution is -2.20. The lowest BCUT2D eigenvalue weighted by atomic mass is 10.1. The molecular formula is C8H10F2N2O2. The quantitative estimate of drug-likeness (QED) is 0.660. The first kappa shape index (κ1) is 10.8. The van der Waals surface area contributed by atoms with Crippen LogP contribution in [0, 0.1) is 0 Å². The molecule has 0 spiro atoms. The second kappa shape index (κ2) is 4.30. The van der Waals surface area contributed by atoms with E-state index in [1.54, 1.807) is 0 Å². The van der Waals surface area contributed by atoms with Crippen LogP contribution in [-0.2, 0) is 13.2 Å². The molecule has 0 fully saturated rings. The fourth-order valence-corrected chi connectivity index (χ4v) is 1.24. The van der Waals surface area contributed by atoms with Crippen LogP contribution in [-0.4, -0.2) is 10.1 Å². The molecule has 0 unspecified atom stereocenters. The monoisotopic (exact) mass is 204 g/mol. The van der Waals surface area contributed by atoms with Gasteiger partial charge in [0.2, 0.25) is 0 Å². The van der Waals surface area contributed by atoms with Crippen LogP contribution in [0.1, 0.15) is 23.1 Å². The molecule has 0 radical (unpaired) electrons. The lowest BCUT2D eigenvalue weighted by Gasteiger charge is -2.09. The first-order valence-corrected chi connectivity index (χ1v) is 3.94. The SMILES string of the molecule is NCc1c(CO)c[nH]c(=O)c1C(F)F. The molecule has 0 bridgehead atoms. The molecule has 4 N–H and O–H groups in total. The van der Waals surface area contributed by atoms with E-state index in [1.165, 1.54) is 6.20 Å². The summed E-state index contributed by atoms with van der Waals surface area (Å²) in [4.78, 5) is 13.2. The van der Waals surface area contributed by atoms with Crippen LogP contribution in [0.2, 0.25) is 0 Å². The second-order valence-corrected chi connectivity index (χ2v) is 2.70. The van der Waals surface area contributed by atoms with Gasteiger partial charge >= 0.3 is 0 Å². The van der Waals surface area contributed by atoms with Gasteiger partial charge in [-0.25, -0.2) is 8.78 Å². The van der Waals surface area contributed by atoms with Crippen LogP contribution in [0.15, 0.2) is 11.0 Å². The Morgan fingerprint density at radius 1 is 1.57 bits per heavy atom. The van der Waals surface area contributed by atoms with E-state index in [2.05, 4.69) is 4.98 Å². The Balaban J connectivity index is 3.43. The third-order valence-corrected chi connectivity index (χ3v) is 1.93. The van der Waals surface area contributed by atoms with Gasteiger partial charge in [-0.15, -0.1) is 0 Å². The summed E-state index contributed by atoms with van der Waals surface area (Å²) >= 11 is 0. The van der Waals surface area contributed by atoms with Crippen LogP contribution >= 0.6 is 0 Å². The smallest absolute Gasteiger partial charge is 0.269 e. The molecule has 6 heteroatoms. The fourth-order valence-electron chi connectivity index (χ4n) is 1.24. The van der Waals surface area contributed by atoms with E-state index in [0.29, 0.717) is 0 Å². The van der Waals surface area contributed by atoms with E-state index >= 15 is 0 Å². The van der Waals surface area contributed by atoms with Crippen LogP contribution in [0.4, 0.5) is 8.78 Å². The number of hydrogen-bond acceptors (Lipinski definition) is 3. The number of aromatic nitrogens is 1. The first-order valence-electron chi connectivity index (χ1n) is 3.94. The molecule has 0 atom stereocenters. The molecule has 4 nitrogen and oxygen atoms in total. The van der Waals surface area contributed by atoms with E-state index < -0.39 is 24.2 Å². The van der Waals surface area contributed by atoms with Gasteiger partial charge < -0.3 is 15.8 Å². The molecule has 1 aromatic rings. The van der Waals surface area contributed by atoms with Crippen molar-refractivity contribution in [3.8, 4) is 0 Å². The third-order valence-electron chi connectivity index (χ3n) is 1.93. The predicted octanol–water partition coefficient (Wildman–Crippen LogP) is 0.264. The summed E-state index contributed by atoms with van der Waals surface area (Å²) in [6, 6.07) is 0. The Bertz CT molecular complexity index is 376. The number of alkyl halides is 2. The summed E-state index contributed by atoms with van der Waals surface area (Å²) in [5.74, 6) is 0. The Morgan fingerprint density at radius 2 is 2.21 bits per heavy atom. The number of H-pyrrole nitrogens is 1. The van der Waals surface area contributed by atoms with Gasteiger partial charge in [-0.2, -0.15) is 0 Å². The number of aromatic amines is 1. The van der Waals surface area contributed by atoms with Gasteiger partial charge in [-0.1, -0.05) is 0 Å². The molecule has 0 aliphatic rings. The Labute approximate surface area is 78.4 Å². The molecule has 1 rings (SSSR count). The molecule has 14 heavy (non-hydrogen) atoms. The standard InChI is InChI=1S/C8H10F2N2O2/c9-7(10)6-5(1-11)4(3-13)2-12-8(6)14/h2,7,13H,1,3,11H2,(H,12,14). The molecular weight excluding hydrogens is 194 g/mol. The summed E-state index contributed by atoms with van der Waals surface area (Å²) in [5, 5.41) is 8.82. The largest absolute Gasteiger partial charge is 0.392 e. The van der Waals surface area contributed by atoms with E-state index in [0.717, 1.165) is 0 Å². The maximum atomic E-state index is 12.4. The summed E-state index contributed by atoms with van der Waals surface area (Å²) in [5.41, 5.74) is 3.96. The average molecular weight is 204 g/mol. The van der Waals surface area contributed by atoms with Gasteiger partial charge in [0.25, 0.3) is 12.0 Å². The third kappa shape index (κ3) is 1.80. The van der Waals surface area contributed by atoms with Crippen molar-refractivity contribution < 1.29 is 13.9 Å². The fraction of sp³-hybridized carbons (Fsp3) is 0.375. The topological polar surface area (TPSA) is 79.1 Å². The molecule has 0 amide bonds. The molecule has 0 saturated heterocycles. The molecule has 1 aromatic heterocycles. The minimum Gasteiger partial charge on any atom is -0.392 e. The number of hydrogen-bond donors (Lipinski definition) is 3. The Morgan fingerprint density at radius 3 is 2.64 bits per heavy atom. The summed E-state index contributed by atoms with van der Waals surface area (Å²) < 4.78 is 24.9. The van der Waals surface area contributed by atoms with E-state index in [9.17, 15) is 13.6 Å².